The van der Waals surface area contributed by atoms with E-state index >= 15 is 0 Å². The van der Waals surface area contributed by atoms with Crippen molar-refractivity contribution in [3.05, 3.63) is 28.2 Å². The molecule has 0 spiro atoms. The van der Waals surface area contributed by atoms with E-state index in [0.717, 1.165) is 11.0 Å². The third-order valence-electron chi connectivity index (χ3n) is 2.31. The van der Waals surface area contributed by atoms with Crippen LogP contribution in [-0.2, 0) is 11.0 Å². The Morgan fingerprint density at radius 1 is 1.44 bits per heavy atom. The van der Waals surface area contributed by atoms with Crippen LogP contribution in [-0.4, -0.2) is 24.2 Å². The number of likely N-dealkylation sites (N-methyl/N-ethyl adjacent to an activating group) is 1. The van der Waals surface area contributed by atoms with Gasteiger partial charge in [0.25, 0.3) is 0 Å². The zero-order valence-corrected chi connectivity index (χ0v) is 11.0. The quantitative estimate of drug-likeness (QED) is 0.922. The lowest BCUT2D eigenvalue weighted by Gasteiger charge is -2.25. The minimum absolute atomic E-state index is 0.137. The summed E-state index contributed by atoms with van der Waals surface area (Å²) in [6, 6.07) is 3.49. The molecule has 1 aromatic rings. The van der Waals surface area contributed by atoms with Crippen molar-refractivity contribution < 1.29 is 23.1 Å². The maximum atomic E-state index is 12.8. The van der Waals surface area contributed by atoms with E-state index in [1.54, 1.807) is 6.92 Å². The Kier molecular flexibility index (Phi) is 4.61. The van der Waals surface area contributed by atoms with Gasteiger partial charge in [0.1, 0.15) is 6.54 Å². The van der Waals surface area contributed by atoms with Gasteiger partial charge in [-0.3, -0.25) is 4.79 Å². The van der Waals surface area contributed by atoms with Gasteiger partial charge in [-0.1, -0.05) is 15.9 Å². The average Bonchev–Trinajstić information content (AvgIpc) is 2.23. The highest BCUT2D eigenvalue weighted by Crippen LogP contribution is 2.38. The number of carboxylic acids is 1. The lowest BCUT2D eigenvalue weighted by molar-refractivity contribution is -0.138. The number of carboxylic acid groups (broad SMARTS) is 1. The van der Waals surface area contributed by atoms with Crippen LogP contribution in [0.2, 0.25) is 0 Å². The van der Waals surface area contributed by atoms with E-state index in [4.69, 9.17) is 5.11 Å². The highest BCUT2D eigenvalue weighted by Gasteiger charge is 2.35. The Bertz CT molecular complexity index is 448. The summed E-state index contributed by atoms with van der Waals surface area (Å²) in [6.07, 6.45) is -4.51. The summed E-state index contributed by atoms with van der Waals surface area (Å²) in [5.74, 6) is -1.18. The summed E-state index contributed by atoms with van der Waals surface area (Å²) in [5, 5.41) is 8.70. The highest BCUT2D eigenvalue weighted by molar-refractivity contribution is 9.10. The summed E-state index contributed by atoms with van der Waals surface area (Å²) in [4.78, 5) is 11.8. The Labute approximate surface area is 110 Å². The van der Waals surface area contributed by atoms with E-state index in [-0.39, 0.29) is 12.2 Å². The van der Waals surface area contributed by atoms with Crippen LogP contribution in [0.3, 0.4) is 0 Å². The van der Waals surface area contributed by atoms with Crippen molar-refractivity contribution in [3.63, 3.8) is 0 Å². The summed E-state index contributed by atoms with van der Waals surface area (Å²) in [7, 11) is 0. The second kappa shape index (κ2) is 5.60. The van der Waals surface area contributed by atoms with Crippen LogP contribution in [0.1, 0.15) is 12.5 Å². The van der Waals surface area contributed by atoms with Crippen molar-refractivity contribution >= 4 is 27.6 Å². The van der Waals surface area contributed by atoms with Crippen LogP contribution in [0, 0.1) is 0 Å². The van der Waals surface area contributed by atoms with E-state index in [9.17, 15) is 18.0 Å². The number of benzene rings is 1. The fraction of sp³-hybridized carbons (Fsp3) is 0.364. The summed E-state index contributed by atoms with van der Waals surface area (Å²) < 4.78 is 38.9. The number of carbonyl (C=O) groups is 1. The molecule has 0 aliphatic carbocycles. The van der Waals surface area contributed by atoms with Crippen molar-refractivity contribution in [2.45, 2.75) is 13.1 Å². The normalized spacial score (nSPS) is 11.4. The zero-order valence-electron chi connectivity index (χ0n) is 9.46. The molecular formula is C11H11BrF3NO2. The molecule has 0 aliphatic heterocycles. The molecule has 1 N–H and O–H groups in total. The van der Waals surface area contributed by atoms with E-state index < -0.39 is 24.3 Å². The largest absolute Gasteiger partial charge is 0.480 e. The van der Waals surface area contributed by atoms with Crippen LogP contribution in [0.15, 0.2) is 22.7 Å². The van der Waals surface area contributed by atoms with Gasteiger partial charge in [0.05, 0.1) is 11.3 Å². The second-order valence-corrected chi connectivity index (χ2v) is 4.48. The van der Waals surface area contributed by atoms with Gasteiger partial charge in [0, 0.05) is 11.0 Å². The molecule has 1 aromatic carbocycles. The molecule has 0 unspecified atom stereocenters. The van der Waals surface area contributed by atoms with Gasteiger partial charge < -0.3 is 10.0 Å². The van der Waals surface area contributed by atoms with Crippen molar-refractivity contribution in [1.82, 2.24) is 0 Å². The molecular weight excluding hydrogens is 315 g/mol. The van der Waals surface area contributed by atoms with Crippen LogP contribution in [0.4, 0.5) is 18.9 Å². The molecule has 0 radical (unpaired) electrons. The maximum absolute atomic E-state index is 12.8. The van der Waals surface area contributed by atoms with Gasteiger partial charge in [-0.2, -0.15) is 13.2 Å². The van der Waals surface area contributed by atoms with Gasteiger partial charge in [-0.05, 0) is 25.1 Å². The molecule has 0 saturated carbocycles. The lowest BCUT2D eigenvalue weighted by atomic mass is 10.1. The molecule has 1 rings (SSSR count). The number of anilines is 1. The molecule has 18 heavy (non-hydrogen) atoms. The summed E-state index contributed by atoms with van der Waals surface area (Å²) in [5.41, 5.74) is -0.976. The van der Waals surface area contributed by atoms with E-state index in [1.165, 1.54) is 12.1 Å². The first-order valence-electron chi connectivity index (χ1n) is 5.09. The molecule has 3 nitrogen and oxygen atoms in total. The van der Waals surface area contributed by atoms with Crippen LogP contribution >= 0.6 is 15.9 Å². The number of nitrogens with zero attached hydrogens (tertiary/aromatic N) is 1. The smallest absolute Gasteiger partial charge is 0.418 e. The van der Waals surface area contributed by atoms with Gasteiger partial charge in [-0.25, -0.2) is 0 Å². The van der Waals surface area contributed by atoms with E-state index in [0.29, 0.717) is 4.47 Å². The molecule has 0 heterocycles. The molecule has 0 aromatic heterocycles. The van der Waals surface area contributed by atoms with Gasteiger partial charge in [0.2, 0.25) is 0 Å². The topological polar surface area (TPSA) is 40.5 Å². The SMILES string of the molecule is CCN(CC(=O)O)c1cc(Br)ccc1C(F)(F)F. The van der Waals surface area contributed by atoms with Gasteiger partial charge >= 0.3 is 12.1 Å². The van der Waals surface area contributed by atoms with E-state index in [2.05, 4.69) is 15.9 Å². The Hall–Kier alpha value is -1.24. The van der Waals surface area contributed by atoms with Crippen LogP contribution in [0.25, 0.3) is 0 Å². The van der Waals surface area contributed by atoms with Crippen molar-refractivity contribution in [2.24, 2.45) is 0 Å². The number of aliphatic carboxylic acids is 1. The third kappa shape index (κ3) is 3.63. The molecule has 100 valence electrons. The Morgan fingerprint density at radius 3 is 2.50 bits per heavy atom. The molecule has 0 aliphatic rings. The number of halogens is 4. The van der Waals surface area contributed by atoms with Crippen molar-refractivity contribution in [2.75, 3.05) is 18.0 Å². The monoisotopic (exact) mass is 325 g/mol. The predicted octanol–water partition coefficient (Wildman–Crippen LogP) is 3.38. The molecule has 0 amide bonds. The molecule has 0 bridgehead atoms. The van der Waals surface area contributed by atoms with Crippen LogP contribution in [0.5, 0.6) is 0 Å². The molecule has 0 atom stereocenters. The average molecular weight is 326 g/mol. The number of rotatable bonds is 4. The minimum atomic E-state index is -4.51. The van der Waals surface area contributed by atoms with Crippen LogP contribution < -0.4 is 4.90 Å². The van der Waals surface area contributed by atoms with Crippen molar-refractivity contribution in [3.8, 4) is 0 Å². The maximum Gasteiger partial charge on any atom is 0.418 e. The third-order valence-corrected chi connectivity index (χ3v) is 2.81. The first-order valence-corrected chi connectivity index (χ1v) is 5.88. The second-order valence-electron chi connectivity index (χ2n) is 3.57. The zero-order chi connectivity index (χ0) is 13.9. The first kappa shape index (κ1) is 14.8. The lowest BCUT2D eigenvalue weighted by Crippen LogP contribution is -2.31. The number of alkyl halides is 3. The Balaban J connectivity index is 3.26. The molecule has 0 saturated heterocycles. The summed E-state index contributed by atoms with van der Waals surface area (Å²) >= 11 is 3.09. The number of hydrogen-bond acceptors (Lipinski definition) is 2. The van der Waals surface area contributed by atoms with Crippen molar-refractivity contribution in [1.29, 1.82) is 0 Å². The standard InChI is InChI=1S/C11H11BrF3NO2/c1-2-16(6-10(17)18)9-5-7(12)3-4-8(9)11(13,14)15/h3-5H,2,6H2,1H3,(H,17,18). The fourth-order valence-electron chi connectivity index (χ4n) is 1.54. The van der Waals surface area contributed by atoms with Gasteiger partial charge in [0.15, 0.2) is 0 Å². The summed E-state index contributed by atoms with van der Waals surface area (Å²) in [6.45, 7) is 1.30. The number of hydrogen-bond donors (Lipinski definition) is 1. The van der Waals surface area contributed by atoms with E-state index in [1.807, 2.05) is 0 Å². The Morgan fingerprint density at radius 2 is 2.06 bits per heavy atom. The minimum Gasteiger partial charge on any atom is -0.480 e. The molecule has 7 heteroatoms. The molecule has 0 fully saturated rings. The first-order chi connectivity index (χ1) is 8.25. The highest BCUT2D eigenvalue weighted by atomic mass is 79.9. The predicted molar refractivity (Wildman–Crippen MR) is 64.7 cm³/mol. The fourth-order valence-corrected chi connectivity index (χ4v) is 1.89. The van der Waals surface area contributed by atoms with Gasteiger partial charge in [-0.15, -0.1) is 0 Å².